The van der Waals surface area contributed by atoms with Crippen LogP contribution >= 0.6 is 10.7 Å². The molecule has 0 aromatic carbocycles. The Hall–Kier alpha value is 0.390. The lowest BCUT2D eigenvalue weighted by Crippen LogP contribution is -2.08. The van der Waals surface area contributed by atoms with Gasteiger partial charge in [0.1, 0.15) is 19.9 Å². The standard InChI is InChI=1S/C3H7ClO3S2/c1-9(6,7)3-2-8(4)5/h2-3H2,1H3. The van der Waals surface area contributed by atoms with E-state index in [1.165, 1.54) is 0 Å². The molecule has 0 radical (unpaired) electrons. The van der Waals surface area contributed by atoms with Gasteiger partial charge in [-0.15, -0.1) is 0 Å². The molecule has 0 saturated carbocycles. The largest absolute Gasteiger partial charge is 0.243 e. The highest BCUT2D eigenvalue weighted by Gasteiger charge is 2.03. The lowest BCUT2D eigenvalue weighted by molar-refractivity contribution is 0.603. The van der Waals surface area contributed by atoms with Crippen LogP contribution in [0.25, 0.3) is 0 Å². The fourth-order valence-electron chi connectivity index (χ4n) is 0.217. The van der Waals surface area contributed by atoms with Gasteiger partial charge in [-0.2, -0.15) is 0 Å². The SMILES string of the molecule is CS(=O)(=O)CCS(=O)Cl. The molecule has 6 heteroatoms. The van der Waals surface area contributed by atoms with Crippen molar-refractivity contribution in [3.63, 3.8) is 0 Å². The lowest BCUT2D eigenvalue weighted by Gasteiger charge is -1.90. The van der Waals surface area contributed by atoms with Crippen molar-refractivity contribution in [2.75, 3.05) is 17.8 Å². The van der Waals surface area contributed by atoms with Crippen molar-refractivity contribution in [2.45, 2.75) is 0 Å². The van der Waals surface area contributed by atoms with Crippen LogP contribution in [0.15, 0.2) is 0 Å². The number of hydrogen-bond acceptors (Lipinski definition) is 3. The Morgan fingerprint density at radius 2 is 2.00 bits per heavy atom. The van der Waals surface area contributed by atoms with Crippen molar-refractivity contribution in [3.05, 3.63) is 0 Å². The predicted octanol–water partition coefficient (Wildman–Crippen LogP) is -0.0665. The maximum Gasteiger partial charge on any atom is 0.148 e. The van der Waals surface area contributed by atoms with E-state index in [0.29, 0.717) is 0 Å². The molecule has 0 aromatic rings. The summed E-state index contributed by atoms with van der Waals surface area (Å²) >= 11 is 0. The minimum atomic E-state index is -3.00. The fourth-order valence-corrected chi connectivity index (χ4v) is 2.52. The van der Waals surface area contributed by atoms with E-state index < -0.39 is 19.9 Å². The normalized spacial score (nSPS) is 15.3. The second-order valence-electron chi connectivity index (χ2n) is 1.62. The summed E-state index contributed by atoms with van der Waals surface area (Å²) < 4.78 is 30.8. The molecular formula is C3H7ClO3S2. The number of sulfone groups is 1. The summed E-state index contributed by atoms with van der Waals surface area (Å²) in [6.07, 6.45) is 1.08. The van der Waals surface area contributed by atoms with E-state index in [1.54, 1.807) is 0 Å². The van der Waals surface area contributed by atoms with E-state index in [4.69, 9.17) is 10.7 Å². The average Bonchev–Trinajstić information content (AvgIpc) is 1.59. The maximum atomic E-state index is 10.3. The number of rotatable bonds is 3. The summed E-state index contributed by atoms with van der Waals surface area (Å²) in [5, 5.41) is 0. The van der Waals surface area contributed by atoms with Gasteiger partial charge in [0.25, 0.3) is 0 Å². The molecule has 3 nitrogen and oxygen atoms in total. The Morgan fingerprint density at radius 3 is 2.11 bits per heavy atom. The van der Waals surface area contributed by atoms with Crippen molar-refractivity contribution in [1.82, 2.24) is 0 Å². The minimum Gasteiger partial charge on any atom is -0.243 e. The minimum absolute atomic E-state index is 0.0143. The average molecular weight is 191 g/mol. The zero-order valence-electron chi connectivity index (χ0n) is 4.83. The first-order valence-electron chi connectivity index (χ1n) is 2.14. The predicted molar refractivity (Wildman–Crippen MR) is 38.6 cm³/mol. The van der Waals surface area contributed by atoms with Crippen molar-refractivity contribution >= 4 is 30.5 Å². The van der Waals surface area contributed by atoms with Gasteiger partial charge in [-0.3, -0.25) is 0 Å². The molecule has 9 heavy (non-hydrogen) atoms. The van der Waals surface area contributed by atoms with Crippen LogP contribution in [0.5, 0.6) is 0 Å². The Labute approximate surface area is 61.3 Å². The van der Waals surface area contributed by atoms with Gasteiger partial charge in [0, 0.05) is 6.26 Å². The summed E-state index contributed by atoms with van der Waals surface area (Å²) in [6, 6.07) is 0. The molecule has 0 heterocycles. The second-order valence-corrected chi connectivity index (χ2v) is 5.90. The molecule has 0 fully saturated rings. The van der Waals surface area contributed by atoms with E-state index in [2.05, 4.69) is 0 Å². The third kappa shape index (κ3) is 8.39. The van der Waals surface area contributed by atoms with Gasteiger partial charge in [-0.1, -0.05) is 0 Å². The summed E-state index contributed by atoms with van der Waals surface area (Å²) in [5.41, 5.74) is 0. The summed E-state index contributed by atoms with van der Waals surface area (Å²) in [6.45, 7) is 0. The van der Waals surface area contributed by atoms with Gasteiger partial charge in [0.15, 0.2) is 0 Å². The summed E-state index contributed by atoms with van der Waals surface area (Å²) in [7, 11) is 0.476. The third-order valence-electron chi connectivity index (χ3n) is 0.615. The molecule has 0 aliphatic rings. The van der Waals surface area contributed by atoms with E-state index in [9.17, 15) is 12.6 Å². The Balaban J connectivity index is 3.67. The monoisotopic (exact) mass is 190 g/mol. The first-order chi connectivity index (χ1) is 3.92. The fraction of sp³-hybridized carbons (Fsp3) is 1.00. The topological polar surface area (TPSA) is 51.2 Å². The van der Waals surface area contributed by atoms with Crippen LogP contribution in [0, 0.1) is 0 Å². The van der Waals surface area contributed by atoms with Gasteiger partial charge in [0.2, 0.25) is 0 Å². The Bertz CT molecular complexity index is 195. The number of halogens is 1. The van der Waals surface area contributed by atoms with E-state index >= 15 is 0 Å². The number of hydrogen-bond donors (Lipinski definition) is 0. The molecule has 1 atom stereocenters. The first kappa shape index (κ1) is 9.39. The molecule has 0 rings (SSSR count). The van der Waals surface area contributed by atoms with E-state index in [0.717, 1.165) is 6.26 Å². The van der Waals surface area contributed by atoms with E-state index in [1.807, 2.05) is 0 Å². The van der Waals surface area contributed by atoms with Crippen molar-refractivity contribution in [3.8, 4) is 0 Å². The third-order valence-corrected chi connectivity index (χ3v) is 2.81. The Kier molecular flexibility index (Phi) is 3.68. The maximum absolute atomic E-state index is 10.3. The highest BCUT2D eigenvalue weighted by Crippen LogP contribution is 1.90. The lowest BCUT2D eigenvalue weighted by atomic mass is 11.0. The van der Waals surface area contributed by atoms with Gasteiger partial charge in [-0.05, 0) is 10.7 Å². The van der Waals surface area contributed by atoms with Gasteiger partial charge in [-0.25, -0.2) is 12.6 Å². The molecule has 0 aromatic heterocycles. The van der Waals surface area contributed by atoms with Crippen LogP contribution < -0.4 is 0 Å². The molecule has 0 bridgehead atoms. The molecule has 0 saturated heterocycles. The molecule has 1 unspecified atom stereocenters. The second kappa shape index (κ2) is 3.53. The molecule has 0 amide bonds. The highest BCUT2D eigenvalue weighted by atomic mass is 35.7. The van der Waals surface area contributed by atoms with Gasteiger partial charge >= 0.3 is 0 Å². The molecule has 0 aliphatic carbocycles. The summed E-state index contributed by atoms with van der Waals surface area (Å²) in [5.74, 6) is -0.0938. The van der Waals surface area contributed by atoms with E-state index in [-0.39, 0.29) is 11.5 Å². The molecule has 0 aliphatic heterocycles. The molecule has 0 spiro atoms. The van der Waals surface area contributed by atoms with Crippen LogP contribution in [0.2, 0.25) is 0 Å². The van der Waals surface area contributed by atoms with Crippen LogP contribution in [0.3, 0.4) is 0 Å². The smallest absolute Gasteiger partial charge is 0.148 e. The molecule has 56 valence electrons. The Morgan fingerprint density at radius 1 is 1.56 bits per heavy atom. The molecular weight excluding hydrogens is 184 g/mol. The highest BCUT2D eigenvalue weighted by molar-refractivity contribution is 8.08. The summed E-state index contributed by atoms with van der Waals surface area (Å²) in [4.78, 5) is 0. The van der Waals surface area contributed by atoms with Crippen molar-refractivity contribution in [1.29, 1.82) is 0 Å². The van der Waals surface area contributed by atoms with Crippen LogP contribution in [-0.2, 0) is 19.9 Å². The van der Waals surface area contributed by atoms with Crippen LogP contribution in [-0.4, -0.2) is 30.4 Å². The first-order valence-corrected chi connectivity index (χ1v) is 6.35. The zero-order chi connectivity index (χ0) is 7.49. The quantitative estimate of drug-likeness (QED) is 0.586. The van der Waals surface area contributed by atoms with Gasteiger partial charge in [0.05, 0.1) is 11.5 Å². The van der Waals surface area contributed by atoms with Crippen molar-refractivity contribution < 1.29 is 12.6 Å². The van der Waals surface area contributed by atoms with Gasteiger partial charge < -0.3 is 0 Å². The van der Waals surface area contributed by atoms with Crippen LogP contribution in [0.4, 0.5) is 0 Å². The zero-order valence-corrected chi connectivity index (χ0v) is 7.22. The van der Waals surface area contributed by atoms with Crippen LogP contribution in [0.1, 0.15) is 0 Å². The van der Waals surface area contributed by atoms with Crippen molar-refractivity contribution in [2.24, 2.45) is 0 Å². The molecule has 0 N–H and O–H groups in total.